The van der Waals surface area contributed by atoms with Crippen LogP contribution in [0.25, 0.3) is 0 Å². The number of benzene rings is 1. The van der Waals surface area contributed by atoms with Crippen molar-refractivity contribution in [2.75, 3.05) is 20.2 Å². The third kappa shape index (κ3) is 2.78. The van der Waals surface area contributed by atoms with Gasteiger partial charge in [0, 0.05) is 32.8 Å². The summed E-state index contributed by atoms with van der Waals surface area (Å²) in [6.45, 7) is 3.74. The van der Waals surface area contributed by atoms with Gasteiger partial charge in [-0.1, -0.05) is 24.3 Å². The Morgan fingerprint density at radius 2 is 2.13 bits per heavy atom. The van der Waals surface area contributed by atoms with Gasteiger partial charge >= 0.3 is 0 Å². The summed E-state index contributed by atoms with van der Waals surface area (Å²) in [6.07, 6.45) is 0. The standard InChI is InChI=1S/C12H18N2O/c1-15-9-11-4-2-3-10(5-11)6-14-7-12(13)8-14/h2-5,12H,6-9,13H2,1H3. The molecule has 0 amide bonds. The Morgan fingerprint density at radius 3 is 2.80 bits per heavy atom. The van der Waals surface area contributed by atoms with Crippen molar-refractivity contribution in [3.8, 4) is 0 Å². The molecule has 0 spiro atoms. The van der Waals surface area contributed by atoms with E-state index >= 15 is 0 Å². The Morgan fingerprint density at radius 1 is 1.40 bits per heavy atom. The second-order valence-electron chi connectivity index (χ2n) is 4.21. The van der Waals surface area contributed by atoms with Gasteiger partial charge in [-0.05, 0) is 11.1 Å². The van der Waals surface area contributed by atoms with Crippen molar-refractivity contribution in [1.29, 1.82) is 0 Å². The zero-order valence-corrected chi connectivity index (χ0v) is 9.15. The summed E-state index contributed by atoms with van der Waals surface area (Å²) in [6, 6.07) is 8.92. The van der Waals surface area contributed by atoms with E-state index in [1.807, 2.05) is 0 Å². The van der Waals surface area contributed by atoms with E-state index in [4.69, 9.17) is 10.5 Å². The first-order valence-corrected chi connectivity index (χ1v) is 5.32. The number of ether oxygens (including phenoxy) is 1. The maximum atomic E-state index is 5.74. The predicted molar refractivity (Wildman–Crippen MR) is 60.4 cm³/mol. The lowest BCUT2D eigenvalue weighted by Gasteiger charge is -2.36. The van der Waals surface area contributed by atoms with Gasteiger partial charge in [-0.3, -0.25) is 4.90 Å². The van der Waals surface area contributed by atoms with E-state index in [2.05, 4.69) is 29.2 Å². The molecule has 15 heavy (non-hydrogen) atoms. The van der Waals surface area contributed by atoms with Gasteiger partial charge in [-0.2, -0.15) is 0 Å². The molecule has 0 aromatic heterocycles. The third-order valence-electron chi connectivity index (χ3n) is 2.69. The molecular weight excluding hydrogens is 188 g/mol. The van der Waals surface area contributed by atoms with Gasteiger partial charge in [-0.15, -0.1) is 0 Å². The Bertz CT molecular complexity index is 321. The molecule has 1 aromatic rings. The lowest BCUT2D eigenvalue weighted by atomic mass is 10.1. The van der Waals surface area contributed by atoms with E-state index in [1.54, 1.807) is 7.11 Å². The highest BCUT2D eigenvalue weighted by molar-refractivity contribution is 5.23. The highest BCUT2D eigenvalue weighted by Gasteiger charge is 2.22. The van der Waals surface area contributed by atoms with E-state index in [-0.39, 0.29) is 0 Å². The molecule has 0 unspecified atom stereocenters. The number of nitrogens with two attached hydrogens (primary N) is 1. The van der Waals surface area contributed by atoms with Crippen LogP contribution in [0, 0.1) is 0 Å². The number of hydrogen-bond acceptors (Lipinski definition) is 3. The van der Waals surface area contributed by atoms with Crippen molar-refractivity contribution >= 4 is 0 Å². The molecule has 1 aromatic carbocycles. The largest absolute Gasteiger partial charge is 0.380 e. The summed E-state index contributed by atoms with van der Waals surface area (Å²) in [4.78, 5) is 2.36. The molecule has 3 nitrogen and oxygen atoms in total. The summed E-state index contributed by atoms with van der Waals surface area (Å²) in [7, 11) is 1.72. The monoisotopic (exact) mass is 206 g/mol. The second-order valence-corrected chi connectivity index (χ2v) is 4.21. The minimum Gasteiger partial charge on any atom is -0.380 e. The topological polar surface area (TPSA) is 38.5 Å². The molecule has 0 aliphatic carbocycles. The fourth-order valence-electron chi connectivity index (χ4n) is 1.98. The van der Waals surface area contributed by atoms with Gasteiger partial charge in [0.05, 0.1) is 6.61 Å². The number of likely N-dealkylation sites (tertiary alicyclic amines) is 1. The van der Waals surface area contributed by atoms with E-state index < -0.39 is 0 Å². The van der Waals surface area contributed by atoms with Gasteiger partial charge in [0.15, 0.2) is 0 Å². The number of methoxy groups -OCH3 is 1. The fourth-order valence-corrected chi connectivity index (χ4v) is 1.98. The molecule has 1 saturated heterocycles. The van der Waals surface area contributed by atoms with Crippen LogP contribution in [0.1, 0.15) is 11.1 Å². The average molecular weight is 206 g/mol. The molecule has 0 atom stereocenters. The van der Waals surface area contributed by atoms with Crippen molar-refractivity contribution in [2.24, 2.45) is 5.73 Å². The van der Waals surface area contributed by atoms with Crippen molar-refractivity contribution < 1.29 is 4.74 Å². The summed E-state index contributed by atoms with van der Waals surface area (Å²) >= 11 is 0. The third-order valence-corrected chi connectivity index (χ3v) is 2.69. The van der Waals surface area contributed by atoms with Crippen molar-refractivity contribution in [3.05, 3.63) is 35.4 Å². The van der Waals surface area contributed by atoms with Crippen LogP contribution in [0.4, 0.5) is 0 Å². The predicted octanol–water partition coefficient (Wildman–Crippen LogP) is 0.976. The van der Waals surface area contributed by atoms with Crippen LogP contribution in [0.3, 0.4) is 0 Å². The van der Waals surface area contributed by atoms with Crippen LogP contribution in [-0.4, -0.2) is 31.1 Å². The van der Waals surface area contributed by atoms with E-state index in [9.17, 15) is 0 Å². The summed E-state index contributed by atoms with van der Waals surface area (Å²) in [5.74, 6) is 0. The molecular formula is C12H18N2O. The van der Waals surface area contributed by atoms with E-state index in [1.165, 1.54) is 11.1 Å². The van der Waals surface area contributed by atoms with Crippen molar-refractivity contribution in [3.63, 3.8) is 0 Å². The first-order chi connectivity index (χ1) is 7.28. The first-order valence-electron chi connectivity index (χ1n) is 5.32. The molecule has 1 aliphatic heterocycles. The van der Waals surface area contributed by atoms with Crippen LogP contribution in [0.2, 0.25) is 0 Å². The zero-order valence-electron chi connectivity index (χ0n) is 9.15. The fraction of sp³-hybridized carbons (Fsp3) is 0.500. The lowest BCUT2D eigenvalue weighted by Crippen LogP contribution is -2.54. The molecule has 0 bridgehead atoms. The molecule has 2 N–H and O–H groups in total. The number of rotatable bonds is 4. The molecule has 1 heterocycles. The molecule has 0 radical (unpaired) electrons. The van der Waals surface area contributed by atoms with Gasteiger partial charge in [0.1, 0.15) is 0 Å². The Kier molecular flexibility index (Phi) is 3.36. The first kappa shape index (κ1) is 10.6. The van der Waals surface area contributed by atoms with Gasteiger partial charge in [-0.25, -0.2) is 0 Å². The van der Waals surface area contributed by atoms with Crippen LogP contribution < -0.4 is 5.73 Å². The average Bonchev–Trinajstić information content (AvgIpc) is 2.17. The van der Waals surface area contributed by atoms with Gasteiger partial charge in [0.2, 0.25) is 0 Å². The minimum absolute atomic E-state index is 0.382. The molecule has 3 heteroatoms. The highest BCUT2D eigenvalue weighted by atomic mass is 16.5. The van der Waals surface area contributed by atoms with Crippen LogP contribution in [-0.2, 0) is 17.9 Å². The molecule has 0 saturated carbocycles. The van der Waals surface area contributed by atoms with Gasteiger partial charge < -0.3 is 10.5 Å². The van der Waals surface area contributed by atoms with E-state index in [0.717, 1.165) is 19.6 Å². The van der Waals surface area contributed by atoms with Crippen LogP contribution in [0.15, 0.2) is 24.3 Å². The summed E-state index contributed by atoms with van der Waals surface area (Å²) in [5.41, 5.74) is 8.32. The lowest BCUT2D eigenvalue weighted by molar-refractivity contribution is 0.142. The number of hydrogen-bond donors (Lipinski definition) is 1. The molecule has 1 fully saturated rings. The van der Waals surface area contributed by atoms with Crippen molar-refractivity contribution in [1.82, 2.24) is 4.90 Å². The maximum Gasteiger partial charge on any atom is 0.0713 e. The molecule has 82 valence electrons. The highest BCUT2D eigenvalue weighted by Crippen LogP contribution is 2.13. The quantitative estimate of drug-likeness (QED) is 0.798. The second kappa shape index (κ2) is 4.75. The Labute approximate surface area is 90.8 Å². The molecule has 1 aliphatic rings. The Balaban J connectivity index is 1.93. The summed E-state index contributed by atoms with van der Waals surface area (Å²) in [5, 5.41) is 0. The minimum atomic E-state index is 0.382. The normalized spacial score (nSPS) is 17.7. The smallest absolute Gasteiger partial charge is 0.0713 e. The zero-order chi connectivity index (χ0) is 10.7. The number of nitrogens with zero attached hydrogens (tertiary/aromatic N) is 1. The van der Waals surface area contributed by atoms with Gasteiger partial charge in [0.25, 0.3) is 0 Å². The van der Waals surface area contributed by atoms with Crippen LogP contribution >= 0.6 is 0 Å². The van der Waals surface area contributed by atoms with E-state index in [0.29, 0.717) is 12.6 Å². The maximum absolute atomic E-state index is 5.74. The SMILES string of the molecule is COCc1cccc(CN2CC(N)C2)c1. The Hall–Kier alpha value is -0.900. The summed E-state index contributed by atoms with van der Waals surface area (Å²) < 4.78 is 5.11. The van der Waals surface area contributed by atoms with Crippen LogP contribution in [0.5, 0.6) is 0 Å². The van der Waals surface area contributed by atoms with Crippen molar-refractivity contribution in [2.45, 2.75) is 19.2 Å². The molecule has 2 rings (SSSR count).